The van der Waals surface area contributed by atoms with Gasteiger partial charge in [-0.05, 0) is 24.6 Å². The first-order chi connectivity index (χ1) is 9.19. The minimum Gasteiger partial charge on any atom is -0.384 e. The normalized spacial score (nSPS) is 12.4. The Balaban J connectivity index is 1.98. The molecule has 0 radical (unpaired) electrons. The van der Waals surface area contributed by atoms with Crippen LogP contribution < -0.4 is 5.32 Å². The lowest BCUT2D eigenvalue weighted by molar-refractivity contribution is 0.201. The van der Waals surface area contributed by atoms with Gasteiger partial charge in [-0.2, -0.15) is 4.37 Å². The van der Waals surface area contributed by atoms with Gasteiger partial charge < -0.3 is 10.1 Å². The maximum absolute atomic E-state index is 5.99. The summed E-state index contributed by atoms with van der Waals surface area (Å²) in [6.07, 6.45) is 0.736. The molecule has 6 heteroatoms. The Bertz CT molecular complexity index is 532. The van der Waals surface area contributed by atoms with E-state index in [2.05, 4.69) is 21.6 Å². The smallest absolute Gasteiger partial charge is 0.203 e. The van der Waals surface area contributed by atoms with E-state index in [1.54, 1.807) is 7.11 Å². The number of nitrogens with zero attached hydrogens (tertiary/aromatic N) is 2. The van der Waals surface area contributed by atoms with Crippen molar-refractivity contribution >= 4 is 28.3 Å². The average molecular weight is 298 g/mol. The number of benzene rings is 1. The zero-order valence-corrected chi connectivity index (χ0v) is 12.5. The summed E-state index contributed by atoms with van der Waals surface area (Å²) in [7, 11) is 1.67. The molecule has 0 aliphatic rings. The molecular weight excluding hydrogens is 282 g/mol. The van der Waals surface area contributed by atoms with Gasteiger partial charge in [0.05, 0.1) is 12.6 Å². The van der Waals surface area contributed by atoms with Crippen molar-refractivity contribution in [3.8, 4) is 0 Å². The molecule has 2 aromatic rings. The summed E-state index contributed by atoms with van der Waals surface area (Å²) >= 11 is 7.35. The molecule has 0 amide bonds. The first-order valence-electron chi connectivity index (χ1n) is 6.02. The van der Waals surface area contributed by atoms with Gasteiger partial charge in [0.15, 0.2) is 0 Å². The Morgan fingerprint density at radius 2 is 2.32 bits per heavy atom. The number of halogens is 1. The van der Waals surface area contributed by atoms with Gasteiger partial charge in [-0.1, -0.05) is 23.7 Å². The summed E-state index contributed by atoms with van der Waals surface area (Å²) in [5.74, 6) is 0.813. The number of hydrogen-bond donors (Lipinski definition) is 1. The summed E-state index contributed by atoms with van der Waals surface area (Å²) in [6.45, 7) is 2.71. The number of anilines is 1. The van der Waals surface area contributed by atoms with E-state index in [4.69, 9.17) is 16.3 Å². The van der Waals surface area contributed by atoms with Crippen LogP contribution in [0, 0.1) is 0 Å². The largest absolute Gasteiger partial charge is 0.384 e. The van der Waals surface area contributed by atoms with Gasteiger partial charge in [-0.25, -0.2) is 4.98 Å². The molecule has 0 saturated carbocycles. The molecule has 0 fully saturated rings. The molecule has 1 heterocycles. The van der Waals surface area contributed by atoms with Crippen LogP contribution in [0.3, 0.4) is 0 Å². The van der Waals surface area contributed by atoms with Crippen LogP contribution in [0.4, 0.5) is 5.13 Å². The Kier molecular flexibility index (Phi) is 5.13. The first kappa shape index (κ1) is 14.2. The lowest BCUT2D eigenvalue weighted by Crippen LogP contribution is -2.06. The fraction of sp³-hybridized carbons (Fsp3) is 0.385. The van der Waals surface area contributed by atoms with Crippen molar-refractivity contribution in [2.24, 2.45) is 0 Å². The molecule has 102 valence electrons. The van der Waals surface area contributed by atoms with Crippen molar-refractivity contribution in [3.05, 3.63) is 40.7 Å². The molecule has 0 saturated heterocycles. The molecule has 1 unspecified atom stereocenters. The molecule has 0 aliphatic carbocycles. The number of aromatic nitrogens is 2. The predicted octanol–water partition coefficient (Wildman–Crippen LogP) is 3.55. The fourth-order valence-corrected chi connectivity index (χ4v) is 2.55. The Hall–Kier alpha value is -1.17. The van der Waals surface area contributed by atoms with Gasteiger partial charge in [0.1, 0.15) is 5.82 Å². The van der Waals surface area contributed by atoms with E-state index in [1.807, 2.05) is 24.3 Å². The van der Waals surface area contributed by atoms with Crippen LogP contribution >= 0.6 is 23.1 Å². The molecule has 1 aromatic heterocycles. The van der Waals surface area contributed by atoms with Gasteiger partial charge in [0.2, 0.25) is 5.13 Å². The molecule has 0 bridgehead atoms. The molecule has 0 aliphatic heterocycles. The standard InChI is InChI=1S/C13H16ClN3OS/c1-9(10-4-3-5-11(14)8-10)15-13-16-12(17-19-13)6-7-18-2/h3-5,8-9H,6-7H2,1-2H3,(H,15,16,17). The SMILES string of the molecule is COCCc1nsc(NC(C)c2cccc(Cl)c2)n1. The van der Waals surface area contributed by atoms with Crippen molar-refractivity contribution in [3.63, 3.8) is 0 Å². The third-order valence-corrected chi connectivity index (χ3v) is 3.61. The minimum absolute atomic E-state index is 0.141. The van der Waals surface area contributed by atoms with Crippen LogP contribution in [0.1, 0.15) is 24.4 Å². The van der Waals surface area contributed by atoms with Gasteiger partial charge in [-0.15, -0.1) is 0 Å². The van der Waals surface area contributed by atoms with Gasteiger partial charge in [0.25, 0.3) is 0 Å². The van der Waals surface area contributed by atoms with E-state index in [-0.39, 0.29) is 6.04 Å². The lowest BCUT2D eigenvalue weighted by atomic mass is 10.1. The van der Waals surface area contributed by atoms with Crippen LogP contribution in [-0.2, 0) is 11.2 Å². The Morgan fingerprint density at radius 1 is 1.47 bits per heavy atom. The zero-order valence-electron chi connectivity index (χ0n) is 10.9. The van der Waals surface area contributed by atoms with Gasteiger partial charge in [0, 0.05) is 30.1 Å². The predicted molar refractivity (Wildman–Crippen MR) is 79.0 cm³/mol. The van der Waals surface area contributed by atoms with Crippen LogP contribution in [0.15, 0.2) is 24.3 Å². The second-order valence-corrected chi connectivity index (χ2v) is 5.37. The quantitative estimate of drug-likeness (QED) is 0.886. The molecule has 2 rings (SSSR count). The molecule has 19 heavy (non-hydrogen) atoms. The Labute approximate surface area is 122 Å². The number of ether oxygens (including phenoxy) is 1. The molecule has 1 atom stereocenters. The van der Waals surface area contributed by atoms with E-state index in [1.165, 1.54) is 11.5 Å². The summed E-state index contributed by atoms with van der Waals surface area (Å²) in [5.41, 5.74) is 1.13. The monoisotopic (exact) mass is 297 g/mol. The third-order valence-electron chi connectivity index (χ3n) is 2.69. The third kappa shape index (κ3) is 4.16. The number of hydrogen-bond acceptors (Lipinski definition) is 5. The van der Waals surface area contributed by atoms with Crippen LogP contribution in [0.2, 0.25) is 5.02 Å². The van der Waals surface area contributed by atoms with Crippen molar-refractivity contribution in [1.82, 2.24) is 9.36 Å². The van der Waals surface area contributed by atoms with Gasteiger partial charge in [-0.3, -0.25) is 0 Å². The first-order valence-corrected chi connectivity index (χ1v) is 7.17. The number of methoxy groups -OCH3 is 1. The molecule has 4 nitrogen and oxygen atoms in total. The van der Waals surface area contributed by atoms with E-state index in [0.717, 1.165) is 28.0 Å². The van der Waals surface area contributed by atoms with E-state index in [0.29, 0.717) is 6.61 Å². The summed E-state index contributed by atoms with van der Waals surface area (Å²) in [4.78, 5) is 4.42. The maximum atomic E-state index is 5.99. The molecular formula is C13H16ClN3OS. The second kappa shape index (κ2) is 6.84. The highest BCUT2D eigenvalue weighted by molar-refractivity contribution is 7.09. The second-order valence-electron chi connectivity index (χ2n) is 4.18. The fourth-order valence-electron chi connectivity index (χ4n) is 1.65. The van der Waals surface area contributed by atoms with Crippen LogP contribution in [-0.4, -0.2) is 23.1 Å². The number of nitrogens with one attached hydrogen (secondary N) is 1. The maximum Gasteiger partial charge on any atom is 0.203 e. The zero-order chi connectivity index (χ0) is 13.7. The topological polar surface area (TPSA) is 47.0 Å². The van der Waals surface area contributed by atoms with Gasteiger partial charge >= 0.3 is 0 Å². The van der Waals surface area contributed by atoms with Crippen molar-refractivity contribution < 1.29 is 4.74 Å². The van der Waals surface area contributed by atoms with Crippen LogP contribution in [0.5, 0.6) is 0 Å². The minimum atomic E-state index is 0.141. The molecule has 1 N–H and O–H groups in total. The van der Waals surface area contributed by atoms with Crippen molar-refractivity contribution in [2.75, 3.05) is 19.0 Å². The van der Waals surface area contributed by atoms with E-state index >= 15 is 0 Å². The summed E-state index contributed by atoms with van der Waals surface area (Å²) in [6, 6.07) is 7.94. The van der Waals surface area contributed by atoms with E-state index < -0.39 is 0 Å². The average Bonchev–Trinajstić information content (AvgIpc) is 2.84. The summed E-state index contributed by atoms with van der Waals surface area (Å²) in [5, 5.41) is 4.89. The summed E-state index contributed by atoms with van der Waals surface area (Å²) < 4.78 is 9.29. The Morgan fingerprint density at radius 3 is 3.05 bits per heavy atom. The van der Waals surface area contributed by atoms with Crippen LogP contribution in [0.25, 0.3) is 0 Å². The highest BCUT2D eigenvalue weighted by Gasteiger charge is 2.09. The number of rotatable bonds is 6. The van der Waals surface area contributed by atoms with Crippen molar-refractivity contribution in [2.45, 2.75) is 19.4 Å². The molecule has 1 aromatic carbocycles. The highest BCUT2D eigenvalue weighted by atomic mass is 35.5. The van der Waals surface area contributed by atoms with Crippen molar-refractivity contribution in [1.29, 1.82) is 0 Å². The molecule has 0 spiro atoms. The van der Waals surface area contributed by atoms with E-state index in [9.17, 15) is 0 Å². The lowest BCUT2D eigenvalue weighted by Gasteiger charge is -2.12. The highest BCUT2D eigenvalue weighted by Crippen LogP contribution is 2.22.